The summed E-state index contributed by atoms with van der Waals surface area (Å²) >= 11 is 12.2. The minimum atomic E-state index is -0.352. The first-order valence-corrected chi connectivity index (χ1v) is 10.1. The third kappa shape index (κ3) is 5.18. The van der Waals surface area contributed by atoms with Crippen LogP contribution in [-0.4, -0.2) is 29.9 Å². The lowest BCUT2D eigenvalue weighted by atomic mass is 10.0. The molecule has 1 aliphatic carbocycles. The van der Waals surface area contributed by atoms with Crippen LogP contribution in [0.15, 0.2) is 48.5 Å². The second-order valence-corrected chi connectivity index (χ2v) is 7.65. The van der Waals surface area contributed by atoms with E-state index in [1.54, 1.807) is 18.2 Å². The van der Waals surface area contributed by atoms with Gasteiger partial charge in [-0.2, -0.15) is 0 Å². The van der Waals surface area contributed by atoms with Crippen molar-refractivity contribution in [2.75, 3.05) is 18.4 Å². The first-order chi connectivity index (χ1) is 13.5. The molecule has 2 N–H and O–H groups in total. The van der Waals surface area contributed by atoms with Crippen molar-refractivity contribution < 1.29 is 9.59 Å². The molecule has 2 aromatic carbocycles. The average Bonchev–Trinajstić information content (AvgIpc) is 3.53. The number of rotatable bonds is 7. The Morgan fingerprint density at radius 2 is 1.71 bits per heavy atom. The number of para-hydroxylation sites is 1. The number of amides is 3. The van der Waals surface area contributed by atoms with Gasteiger partial charge < -0.3 is 15.5 Å². The van der Waals surface area contributed by atoms with E-state index >= 15 is 0 Å². The Bertz CT molecular complexity index is 821. The van der Waals surface area contributed by atoms with E-state index in [0.29, 0.717) is 28.2 Å². The highest BCUT2D eigenvalue weighted by Crippen LogP contribution is 2.41. The van der Waals surface area contributed by atoms with Gasteiger partial charge in [0.05, 0.1) is 21.8 Å². The Morgan fingerprint density at radius 1 is 1.07 bits per heavy atom. The molecule has 1 aliphatic rings. The van der Waals surface area contributed by atoms with E-state index in [1.165, 1.54) is 4.90 Å². The van der Waals surface area contributed by atoms with Crippen LogP contribution in [0.3, 0.4) is 0 Å². The summed E-state index contributed by atoms with van der Waals surface area (Å²) < 4.78 is 0. The van der Waals surface area contributed by atoms with Gasteiger partial charge in [-0.25, -0.2) is 4.79 Å². The summed E-state index contributed by atoms with van der Waals surface area (Å²) in [4.78, 5) is 26.7. The summed E-state index contributed by atoms with van der Waals surface area (Å²) in [5.74, 6) is 0.0931. The molecule has 0 unspecified atom stereocenters. The van der Waals surface area contributed by atoms with E-state index in [1.807, 2.05) is 37.3 Å². The van der Waals surface area contributed by atoms with Crippen LogP contribution < -0.4 is 10.6 Å². The zero-order valence-corrected chi connectivity index (χ0v) is 17.1. The summed E-state index contributed by atoms with van der Waals surface area (Å²) in [5, 5.41) is 6.49. The van der Waals surface area contributed by atoms with Gasteiger partial charge in [-0.3, -0.25) is 4.79 Å². The van der Waals surface area contributed by atoms with Crippen LogP contribution in [0.2, 0.25) is 10.0 Å². The molecule has 1 atom stereocenters. The first kappa shape index (κ1) is 20.5. The highest BCUT2D eigenvalue weighted by molar-refractivity contribution is 6.39. The number of benzene rings is 2. The number of anilines is 1. The lowest BCUT2D eigenvalue weighted by molar-refractivity contribution is -0.116. The van der Waals surface area contributed by atoms with Gasteiger partial charge in [-0.1, -0.05) is 59.6 Å². The van der Waals surface area contributed by atoms with Crippen LogP contribution in [-0.2, 0) is 4.79 Å². The molecule has 0 radical (unpaired) electrons. The highest BCUT2D eigenvalue weighted by atomic mass is 35.5. The van der Waals surface area contributed by atoms with Crippen LogP contribution in [0, 0.1) is 5.92 Å². The topological polar surface area (TPSA) is 61.4 Å². The molecule has 0 aliphatic heterocycles. The number of hydrogen-bond donors (Lipinski definition) is 2. The van der Waals surface area contributed by atoms with E-state index in [-0.39, 0.29) is 24.5 Å². The number of carbonyl (C=O) groups excluding carboxylic acids is 2. The second kappa shape index (κ2) is 9.30. The number of halogens is 2. The fourth-order valence-corrected chi connectivity index (χ4v) is 3.58. The van der Waals surface area contributed by atoms with Crippen molar-refractivity contribution in [3.05, 3.63) is 64.1 Å². The normalized spacial score (nSPS) is 14.2. The summed E-state index contributed by atoms with van der Waals surface area (Å²) in [6, 6.07) is 14.6. The summed E-state index contributed by atoms with van der Waals surface area (Å²) in [6.07, 6.45) is 2.19. The van der Waals surface area contributed by atoms with Gasteiger partial charge >= 0.3 is 6.03 Å². The van der Waals surface area contributed by atoms with E-state index in [0.717, 1.165) is 18.4 Å². The minimum Gasteiger partial charge on any atom is -0.331 e. The number of nitrogens with one attached hydrogen (secondary N) is 2. The minimum absolute atomic E-state index is 0.0381. The quantitative estimate of drug-likeness (QED) is 0.654. The molecule has 0 saturated heterocycles. The molecular weight excluding hydrogens is 397 g/mol. The van der Waals surface area contributed by atoms with E-state index < -0.39 is 0 Å². The van der Waals surface area contributed by atoms with Crippen LogP contribution in [0.1, 0.15) is 31.4 Å². The van der Waals surface area contributed by atoms with Crippen LogP contribution in [0.5, 0.6) is 0 Å². The third-order valence-electron chi connectivity index (χ3n) is 4.76. The molecule has 0 aromatic heterocycles. The summed E-state index contributed by atoms with van der Waals surface area (Å²) in [6.45, 7) is 2.15. The maximum Gasteiger partial charge on any atom is 0.318 e. The SMILES string of the molecule is CCN(CC(=O)Nc1c(Cl)cccc1Cl)C(=O)N[C@@H](c1ccccc1)C1CC1. The molecule has 7 heteroatoms. The number of hydrogen-bond acceptors (Lipinski definition) is 2. The molecule has 1 fully saturated rings. The number of carbonyl (C=O) groups is 2. The fraction of sp³-hybridized carbons (Fsp3) is 0.333. The fourth-order valence-electron chi connectivity index (χ4n) is 3.08. The summed E-state index contributed by atoms with van der Waals surface area (Å²) in [7, 11) is 0. The van der Waals surface area contributed by atoms with Crippen molar-refractivity contribution in [1.29, 1.82) is 0 Å². The Hall–Kier alpha value is -2.24. The average molecular weight is 420 g/mol. The van der Waals surface area contributed by atoms with Gasteiger partial charge in [-0.15, -0.1) is 0 Å². The van der Waals surface area contributed by atoms with Gasteiger partial charge in [0.15, 0.2) is 0 Å². The predicted molar refractivity (Wildman–Crippen MR) is 113 cm³/mol. The van der Waals surface area contributed by atoms with Crippen molar-refractivity contribution >= 4 is 40.8 Å². The van der Waals surface area contributed by atoms with Crippen molar-refractivity contribution in [2.24, 2.45) is 5.92 Å². The standard InChI is InChI=1S/C21H23Cl2N3O2/c1-2-26(13-18(27)24-20-16(22)9-6-10-17(20)23)21(28)25-19(15-11-12-15)14-7-4-3-5-8-14/h3-10,15,19H,2,11-13H2,1H3,(H,24,27)(H,25,28)/t19-/m0/s1. The zero-order chi connectivity index (χ0) is 20.1. The number of urea groups is 1. The van der Waals surface area contributed by atoms with Crippen LogP contribution >= 0.6 is 23.2 Å². The van der Waals surface area contributed by atoms with Crippen molar-refractivity contribution in [3.63, 3.8) is 0 Å². The Morgan fingerprint density at radius 3 is 2.29 bits per heavy atom. The van der Waals surface area contributed by atoms with Gasteiger partial charge in [0.2, 0.25) is 5.91 Å². The van der Waals surface area contributed by atoms with Gasteiger partial charge in [-0.05, 0) is 43.4 Å². The van der Waals surface area contributed by atoms with E-state index in [9.17, 15) is 9.59 Å². The Kier molecular flexibility index (Phi) is 6.81. The molecule has 3 amide bonds. The zero-order valence-electron chi connectivity index (χ0n) is 15.6. The molecule has 2 aromatic rings. The Labute approximate surface area is 175 Å². The van der Waals surface area contributed by atoms with Crippen molar-refractivity contribution in [1.82, 2.24) is 10.2 Å². The van der Waals surface area contributed by atoms with Crippen molar-refractivity contribution in [2.45, 2.75) is 25.8 Å². The lowest BCUT2D eigenvalue weighted by Gasteiger charge is -2.25. The highest BCUT2D eigenvalue weighted by Gasteiger charge is 2.34. The van der Waals surface area contributed by atoms with Gasteiger partial charge in [0, 0.05) is 6.54 Å². The predicted octanol–water partition coefficient (Wildman–Crippen LogP) is 5.11. The first-order valence-electron chi connectivity index (χ1n) is 9.33. The second-order valence-electron chi connectivity index (χ2n) is 6.83. The van der Waals surface area contributed by atoms with Crippen LogP contribution in [0.4, 0.5) is 10.5 Å². The van der Waals surface area contributed by atoms with Crippen molar-refractivity contribution in [3.8, 4) is 0 Å². The third-order valence-corrected chi connectivity index (χ3v) is 5.39. The molecule has 5 nitrogen and oxygen atoms in total. The molecule has 0 heterocycles. The maximum atomic E-state index is 12.8. The van der Waals surface area contributed by atoms with Gasteiger partial charge in [0.25, 0.3) is 0 Å². The largest absolute Gasteiger partial charge is 0.331 e. The number of nitrogens with zero attached hydrogens (tertiary/aromatic N) is 1. The monoisotopic (exact) mass is 419 g/mol. The molecule has 148 valence electrons. The molecular formula is C21H23Cl2N3O2. The summed E-state index contributed by atoms with van der Waals surface area (Å²) in [5.41, 5.74) is 1.44. The van der Waals surface area contributed by atoms with E-state index in [4.69, 9.17) is 23.2 Å². The maximum absolute atomic E-state index is 12.8. The molecule has 3 rings (SSSR count). The molecule has 1 saturated carbocycles. The van der Waals surface area contributed by atoms with Gasteiger partial charge in [0.1, 0.15) is 6.54 Å². The van der Waals surface area contributed by atoms with E-state index in [2.05, 4.69) is 10.6 Å². The van der Waals surface area contributed by atoms with Crippen LogP contribution in [0.25, 0.3) is 0 Å². The number of likely N-dealkylation sites (N-methyl/N-ethyl adjacent to an activating group) is 1. The Balaban J connectivity index is 1.63. The smallest absolute Gasteiger partial charge is 0.318 e. The molecule has 0 spiro atoms. The molecule has 0 bridgehead atoms. The lowest BCUT2D eigenvalue weighted by Crippen LogP contribution is -2.45. The molecule has 28 heavy (non-hydrogen) atoms.